The number of nitrogens with one attached hydrogen (secondary N) is 1. The quantitative estimate of drug-likeness (QED) is 0.609. The minimum atomic E-state index is -0.683. The summed E-state index contributed by atoms with van der Waals surface area (Å²) in [6.45, 7) is 2.46. The van der Waals surface area contributed by atoms with E-state index in [0.29, 0.717) is 30.5 Å². The van der Waals surface area contributed by atoms with Gasteiger partial charge in [-0.25, -0.2) is 4.98 Å². The largest absolute Gasteiger partial charge is 0.508 e. The zero-order valence-electron chi connectivity index (χ0n) is 16.5. The molecule has 2 atom stereocenters. The monoisotopic (exact) mass is 396 g/mol. The summed E-state index contributed by atoms with van der Waals surface area (Å²) in [7, 11) is 0. The topological polar surface area (TPSA) is 112 Å². The van der Waals surface area contributed by atoms with Crippen LogP contribution in [0, 0.1) is 0 Å². The molecule has 0 bridgehead atoms. The van der Waals surface area contributed by atoms with Crippen LogP contribution >= 0.6 is 0 Å². The lowest BCUT2D eigenvalue weighted by Gasteiger charge is -2.31. The average molecular weight is 396 g/mol. The van der Waals surface area contributed by atoms with Crippen LogP contribution < -0.4 is 16.0 Å². The maximum atomic E-state index is 12.1. The molecule has 0 spiro atoms. The molecule has 1 aromatic heterocycles. The van der Waals surface area contributed by atoms with Gasteiger partial charge in [0, 0.05) is 43.9 Å². The number of benzene rings is 1. The molecule has 154 valence electrons. The lowest BCUT2D eigenvalue weighted by atomic mass is 9.90. The Balaban J connectivity index is 1.49. The van der Waals surface area contributed by atoms with Gasteiger partial charge in [-0.05, 0) is 60.6 Å². The van der Waals surface area contributed by atoms with Crippen LogP contribution in [0.25, 0.3) is 0 Å². The molecule has 1 aromatic carbocycles. The van der Waals surface area contributed by atoms with E-state index < -0.39 is 12.0 Å². The highest BCUT2D eigenvalue weighted by Crippen LogP contribution is 2.25. The van der Waals surface area contributed by atoms with Crippen molar-refractivity contribution in [3.63, 3.8) is 0 Å². The Hall–Kier alpha value is -2.64. The van der Waals surface area contributed by atoms with Gasteiger partial charge in [-0.2, -0.15) is 0 Å². The van der Waals surface area contributed by atoms with Gasteiger partial charge < -0.3 is 26.2 Å². The van der Waals surface area contributed by atoms with Crippen LogP contribution in [0.3, 0.4) is 0 Å². The number of carbonyl (C=O) groups is 1. The second-order valence-electron chi connectivity index (χ2n) is 8.03. The van der Waals surface area contributed by atoms with Crippen LogP contribution in [0.15, 0.2) is 30.5 Å². The number of phenolic OH excluding ortho intramolecular Hbond substituents is 1. The van der Waals surface area contributed by atoms with E-state index in [9.17, 15) is 15.0 Å². The SMILES string of the molecule is NC(=O)c1cc(N2CCCCC2)ncc1C[C@@H](O)[C@@H]1Cc2ccc(O)cc2CN1. The van der Waals surface area contributed by atoms with E-state index in [-0.39, 0.29) is 11.8 Å². The molecule has 0 radical (unpaired) electrons. The fourth-order valence-electron chi connectivity index (χ4n) is 4.33. The Bertz CT molecular complexity index is 896. The number of pyridine rings is 1. The number of amides is 1. The maximum absolute atomic E-state index is 12.1. The number of carbonyl (C=O) groups excluding carboxylic acids is 1. The van der Waals surface area contributed by atoms with Gasteiger partial charge in [0.15, 0.2) is 0 Å². The van der Waals surface area contributed by atoms with Crippen molar-refractivity contribution in [3.05, 3.63) is 52.7 Å². The zero-order chi connectivity index (χ0) is 20.4. The van der Waals surface area contributed by atoms with Crippen LogP contribution in [0.2, 0.25) is 0 Å². The van der Waals surface area contributed by atoms with Crippen molar-refractivity contribution in [3.8, 4) is 5.75 Å². The molecule has 7 heteroatoms. The van der Waals surface area contributed by atoms with Crippen molar-refractivity contribution in [2.24, 2.45) is 5.73 Å². The van der Waals surface area contributed by atoms with Crippen molar-refractivity contribution in [2.45, 2.75) is 50.8 Å². The van der Waals surface area contributed by atoms with Crippen LogP contribution in [0.5, 0.6) is 5.75 Å². The first-order chi connectivity index (χ1) is 14.0. The first kappa shape index (κ1) is 19.7. The molecular formula is C22H28N4O3. The second-order valence-corrected chi connectivity index (χ2v) is 8.03. The summed E-state index contributed by atoms with van der Waals surface area (Å²) in [5.41, 5.74) is 8.89. The number of primary amides is 1. The number of rotatable bonds is 5. The van der Waals surface area contributed by atoms with E-state index in [4.69, 9.17) is 5.73 Å². The predicted octanol–water partition coefficient (Wildman–Crippen LogP) is 1.49. The normalized spacial score (nSPS) is 20.2. The van der Waals surface area contributed by atoms with Gasteiger partial charge in [0.05, 0.1) is 6.10 Å². The van der Waals surface area contributed by atoms with Gasteiger partial charge in [0.25, 0.3) is 0 Å². The lowest BCUT2D eigenvalue weighted by molar-refractivity contribution is 0.0995. The van der Waals surface area contributed by atoms with E-state index >= 15 is 0 Å². The second kappa shape index (κ2) is 8.39. The number of hydrogen-bond donors (Lipinski definition) is 4. The highest BCUT2D eigenvalue weighted by molar-refractivity contribution is 5.95. The molecule has 2 aliphatic rings. The van der Waals surface area contributed by atoms with E-state index in [1.54, 1.807) is 24.4 Å². The molecule has 5 N–H and O–H groups in total. The molecular weight excluding hydrogens is 368 g/mol. The summed E-state index contributed by atoms with van der Waals surface area (Å²) in [6.07, 6.45) is 5.43. The molecule has 0 saturated carbocycles. The van der Waals surface area contributed by atoms with Crippen molar-refractivity contribution >= 4 is 11.7 Å². The predicted molar refractivity (Wildman–Crippen MR) is 111 cm³/mol. The molecule has 1 saturated heterocycles. The lowest BCUT2D eigenvalue weighted by Crippen LogP contribution is -2.45. The van der Waals surface area contributed by atoms with Crippen molar-refractivity contribution in [1.29, 1.82) is 0 Å². The molecule has 4 rings (SSSR count). The Labute approximate surface area is 170 Å². The molecule has 3 heterocycles. The Morgan fingerprint density at radius 3 is 2.79 bits per heavy atom. The highest BCUT2D eigenvalue weighted by atomic mass is 16.3. The summed E-state index contributed by atoms with van der Waals surface area (Å²) < 4.78 is 0. The first-order valence-electron chi connectivity index (χ1n) is 10.3. The summed E-state index contributed by atoms with van der Waals surface area (Å²) in [5.74, 6) is 0.530. The van der Waals surface area contributed by atoms with Gasteiger partial charge in [-0.1, -0.05) is 6.07 Å². The molecule has 2 aliphatic heterocycles. The number of phenols is 1. The molecule has 29 heavy (non-hydrogen) atoms. The summed E-state index contributed by atoms with van der Waals surface area (Å²) in [4.78, 5) is 18.8. The van der Waals surface area contributed by atoms with Crippen molar-refractivity contribution < 1.29 is 15.0 Å². The number of fused-ring (bicyclic) bond motifs is 1. The van der Waals surface area contributed by atoms with Gasteiger partial charge in [-0.3, -0.25) is 4.79 Å². The van der Waals surface area contributed by atoms with Gasteiger partial charge in [0.1, 0.15) is 11.6 Å². The number of hydrogen-bond acceptors (Lipinski definition) is 6. The number of aliphatic hydroxyl groups excluding tert-OH is 1. The molecule has 1 amide bonds. The molecule has 0 unspecified atom stereocenters. The molecule has 1 fully saturated rings. The van der Waals surface area contributed by atoms with Gasteiger partial charge in [0.2, 0.25) is 5.91 Å². The average Bonchev–Trinajstić information content (AvgIpc) is 2.74. The van der Waals surface area contributed by atoms with Crippen molar-refractivity contribution in [2.75, 3.05) is 18.0 Å². The minimum absolute atomic E-state index is 0.144. The number of aromatic hydroxyl groups is 1. The van der Waals surface area contributed by atoms with E-state index in [2.05, 4.69) is 15.2 Å². The fourth-order valence-corrected chi connectivity index (χ4v) is 4.33. The third-order valence-corrected chi connectivity index (χ3v) is 6.00. The third-order valence-electron chi connectivity index (χ3n) is 6.00. The number of nitrogens with two attached hydrogens (primary N) is 1. The summed E-state index contributed by atoms with van der Waals surface area (Å²) in [6, 6.07) is 6.94. The van der Waals surface area contributed by atoms with Crippen LogP contribution in [0.4, 0.5) is 5.82 Å². The van der Waals surface area contributed by atoms with Gasteiger partial charge in [-0.15, -0.1) is 0 Å². The Morgan fingerprint density at radius 1 is 1.24 bits per heavy atom. The smallest absolute Gasteiger partial charge is 0.249 e. The number of nitrogens with zero attached hydrogens (tertiary/aromatic N) is 2. The summed E-state index contributed by atoms with van der Waals surface area (Å²) in [5, 5.41) is 23.8. The number of aliphatic hydroxyl groups is 1. The molecule has 2 aromatic rings. The Morgan fingerprint density at radius 2 is 2.03 bits per heavy atom. The van der Waals surface area contributed by atoms with Crippen molar-refractivity contribution in [1.82, 2.24) is 10.3 Å². The Kier molecular flexibility index (Phi) is 5.69. The number of anilines is 1. The number of piperidine rings is 1. The van der Waals surface area contributed by atoms with E-state index in [1.807, 2.05) is 6.07 Å². The zero-order valence-corrected chi connectivity index (χ0v) is 16.5. The molecule has 0 aliphatic carbocycles. The van der Waals surface area contributed by atoms with Crippen LogP contribution in [-0.2, 0) is 19.4 Å². The van der Waals surface area contributed by atoms with Crippen LogP contribution in [0.1, 0.15) is 46.3 Å². The number of aromatic nitrogens is 1. The maximum Gasteiger partial charge on any atom is 0.249 e. The molecule has 7 nitrogen and oxygen atoms in total. The standard InChI is InChI=1S/C22H28N4O3/c23-22(29)18-11-21(26-6-2-1-3-7-26)25-13-16(18)10-20(28)19-9-14-4-5-17(27)8-15(14)12-24-19/h4-5,8,11,13,19-20,24,27-28H,1-3,6-7,9-10,12H2,(H2,23,29)/t19-,20+/m0/s1. The fraction of sp³-hybridized carbons (Fsp3) is 0.455. The van der Waals surface area contributed by atoms with Gasteiger partial charge >= 0.3 is 0 Å². The third kappa shape index (κ3) is 4.36. The minimum Gasteiger partial charge on any atom is -0.508 e. The van der Waals surface area contributed by atoms with E-state index in [0.717, 1.165) is 42.9 Å². The first-order valence-corrected chi connectivity index (χ1v) is 10.3. The summed E-state index contributed by atoms with van der Waals surface area (Å²) >= 11 is 0. The highest BCUT2D eigenvalue weighted by Gasteiger charge is 2.26. The van der Waals surface area contributed by atoms with E-state index in [1.165, 1.54) is 6.42 Å². The van der Waals surface area contributed by atoms with Crippen LogP contribution in [-0.4, -0.2) is 46.3 Å².